The molecule has 0 N–H and O–H groups in total. The standard InChI is InChI=1S/C28H26N4OS/c1-19-9-11-21(12-10-19)26-17-27(32(29-26)20(2)33)25-18-31(23-7-5-4-6-8-23)30-28(25)22-13-15-24(34-3)16-14-22/h4-16,18,27H,17H2,1-3H3. The molecule has 1 amide bonds. The lowest BCUT2D eigenvalue weighted by molar-refractivity contribution is -0.130. The number of benzene rings is 3. The van der Waals surface area contributed by atoms with Crippen LogP contribution in [0.3, 0.4) is 0 Å². The second-order valence-electron chi connectivity index (χ2n) is 8.44. The Morgan fingerprint density at radius 1 is 0.941 bits per heavy atom. The molecule has 5 rings (SSSR count). The Kier molecular flexibility index (Phi) is 6.07. The van der Waals surface area contributed by atoms with Crippen molar-refractivity contribution in [2.75, 3.05) is 6.26 Å². The van der Waals surface area contributed by atoms with E-state index >= 15 is 0 Å². The van der Waals surface area contributed by atoms with Gasteiger partial charge in [0.25, 0.3) is 0 Å². The number of hydrogen-bond donors (Lipinski definition) is 0. The first-order chi connectivity index (χ1) is 16.5. The molecule has 0 spiro atoms. The largest absolute Gasteiger partial charge is 0.273 e. The molecular weight excluding hydrogens is 440 g/mol. The molecule has 3 aromatic carbocycles. The third kappa shape index (κ3) is 4.29. The van der Waals surface area contributed by atoms with E-state index in [9.17, 15) is 4.79 Å². The van der Waals surface area contributed by atoms with E-state index in [0.717, 1.165) is 33.8 Å². The van der Waals surface area contributed by atoms with Crippen molar-refractivity contribution in [3.63, 3.8) is 0 Å². The SMILES string of the molecule is CSc1ccc(-c2nn(-c3ccccc3)cc2C2CC(c3ccc(C)cc3)=NN2C(C)=O)cc1. The summed E-state index contributed by atoms with van der Waals surface area (Å²) in [5.74, 6) is -0.0803. The molecular formula is C28H26N4OS. The Morgan fingerprint density at radius 2 is 1.62 bits per heavy atom. The van der Waals surface area contributed by atoms with E-state index in [1.165, 1.54) is 10.5 Å². The molecule has 34 heavy (non-hydrogen) atoms. The quantitative estimate of drug-likeness (QED) is 0.326. The maximum Gasteiger partial charge on any atom is 0.240 e. The Hall–Kier alpha value is -3.64. The van der Waals surface area contributed by atoms with Gasteiger partial charge >= 0.3 is 0 Å². The normalized spacial score (nSPS) is 15.4. The monoisotopic (exact) mass is 466 g/mol. The molecule has 2 heterocycles. The van der Waals surface area contributed by atoms with Gasteiger partial charge < -0.3 is 0 Å². The Balaban J connectivity index is 1.60. The first-order valence-electron chi connectivity index (χ1n) is 11.3. The highest BCUT2D eigenvalue weighted by molar-refractivity contribution is 7.98. The van der Waals surface area contributed by atoms with Crippen LogP contribution >= 0.6 is 11.8 Å². The molecule has 1 atom stereocenters. The molecule has 0 aliphatic carbocycles. The molecule has 0 bridgehead atoms. The van der Waals surface area contributed by atoms with Crippen molar-refractivity contribution in [1.29, 1.82) is 0 Å². The summed E-state index contributed by atoms with van der Waals surface area (Å²) >= 11 is 1.71. The fourth-order valence-corrected chi connectivity index (χ4v) is 4.69. The second-order valence-corrected chi connectivity index (χ2v) is 9.32. The summed E-state index contributed by atoms with van der Waals surface area (Å²) in [6.45, 7) is 3.64. The van der Waals surface area contributed by atoms with Crippen LogP contribution in [-0.2, 0) is 4.79 Å². The van der Waals surface area contributed by atoms with Crippen molar-refractivity contribution in [1.82, 2.24) is 14.8 Å². The van der Waals surface area contributed by atoms with Crippen molar-refractivity contribution in [3.05, 3.63) is 102 Å². The van der Waals surface area contributed by atoms with E-state index < -0.39 is 0 Å². The smallest absolute Gasteiger partial charge is 0.240 e. The molecule has 6 heteroatoms. The highest BCUT2D eigenvalue weighted by Gasteiger charge is 2.34. The van der Waals surface area contributed by atoms with E-state index in [2.05, 4.69) is 61.7 Å². The van der Waals surface area contributed by atoms with E-state index in [-0.39, 0.29) is 11.9 Å². The molecule has 4 aromatic rings. The van der Waals surface area contributed by atoms with Crippen LogP contribution in [0.5, 0.6) is 0 Å². The van der Waals surface area contributed by atoms with Crippen molar-refractivity contribution in [2.45, 2.75) is 31.2 Å². The zero-order valence-corrected chi connectivity index (χ0v) is 20.3. The molecule has 0 saturated carbocycles. The predicted octanol–water partition coefficient (Wildman–Crippen LogP) is 6.27. The third-order valence-corrected chi connectivity index (χ3v) is 6.85. The van der Waals surface area contributed by atoms with Gasteiger partial charge in [0.1, 0.15) is 0 Å². The minimum Gasteiger partial charge on any atom is -0.273 e. The van der Waals surface area contributed by atoms with Gasteiger partial charge in [-0.1, -0.05) is 60.2 Å². The van der Waals surface area contributed by atoms with Gasteiger partial charge in [-0.3, -0.25) is 4.79 Å². The number of aryl methyl sites for hydroxylation is 1. The van der Waals surface area contributed by atoms with Crippen LogP contribution in [-0.4, -0.2) is 32.7 Å². The number of nitrogens with zero attached hydrogens (tertiary/aromatic N) is 4. The van der Waals surface area contributed by atoms with Crippen LogP contribution < -0.4 is 0 Å². The van der Waals surface area contributed by atoms with Gasteiger partial charge in [-0.25, -0.2) is 9.69 Å². The number of rotatable bonds is 5. The maximum atomic E-state index is 12.7. The van der Waals surface area contributed by atoms with Crippen LogP contribution in [0.2, 0.25) is 0 Å². The predicted molar refractivity (Wildman–Crippen MR) is 138 cm³/mol. The van der Waals surface area contributed by atoms with E-state index in [4.69, 9.17) is 10.2 Å². The lowest BCUT2D eigenvalue weighted by Gasteiger charge is -2.20. The molecule has 0 saturated heterocycles. The minimum atomic E-state index is -0.221. The van der Waals surface area contributed by atoms with Gasteiger partial charge in [0.2, 0.25) is 5.91 Å². The fourth-order valence-electron chi connectivity index (χ4n) is 4.28. The second kappa shape index (κ2) is 9.31. The zero-order valence-electron chi connectivity index (χ0n) is 19.5. The topological polar surface area (TPSA) is 50.5 Å². The first-order valence-corrected chi connectivity index (χ1v) is 12.5. The van der Waals surface area contributed by atoms with Crippen molar-refractivity contribution in [3.8, 4) is 16.9 Å². The Morgan fingerprint density at radius 3 is 2.26 bits per heavy atom. The first kappa shape index (κ1) is 22.2. The molecule has 5 nitrogen and oxygen atoms in total. The number of thioether (sulfide) groups is 1. The number of hydrogen-bond acceptors (Lipinski definition) is 4. The number of aromatic nitrogens is 2. The molecule has 0 radical (unpaired) electrons. The highest BCUT2D eigenvalue weighted by atomic mass is 32.2. The zero-order chi connectivity index (χ0) is 23.7. The molecule has 1 unspecified atom stereocenters. The number of para-hydroxylation sites is 1. The molecule has 1 aromatic heterocycles. The van der Waals surface area contributed by atoms with Crippen LogP contribution in [0.1, 0.15) is 36.1 Å². The van der Waals surface area contributed by atoms with Crippen molar-refractivity contribution < 1.29 is 4.79 Å². The van der Waals surface area contributed by atoms with Gasteiger partial charge in [0.05, 0.1) is 23.1 Å². The number of carbonyl (C=O) groups excluding carboxylic acids is 1. The van der Waals surface area contributed by atoms with Crippen LogP contribution in [0.4, 0.5) is 0 Å². The summed E-state index contributed by atoms with van der Waals surface area (Å²) in [6.07, 6.45) is 4.75. The van der Waals surface area contributed by atoms with Crippen LogP contribution in [0, 0.1) is 6.92 Å². The van der Waals surface area contributed by atoms with E-state index in [1.54, 1.807) is 23.7 Å². The molecule has 0 fully saturated rings. The van der Waals surface area contributed by atoms with Gasteiger partial charge in [0, 0.05) is 35.6 Å². The fraction of sp³-hybridized carbons (Fsp3) is 0.179. The third-order valence-electron chi connectivity index (χ3n) is 6.10. The molecule has 1 aliphatic heterocycles. The number of hydrazone groups is 1. The maximum absolute atomic E-state index is 12.7. The number of amides is 1. The van der Waals surface area contributed by atoms with Crippen LogP contribution in [0.25, 0.3) is 16.9 Å². The van der Waals surface area contributed by atoms with Gasteiger partial charge in [-0.15, -0.1) is 11.8 Å². The number of carbonyl (C=O) groups is 1. The summed E-state index contributed by atoms with van der Waals surface area (Å²) in [4.78, 5) is 13.9. The summed E-state index contributed by atoms with van der Waals surface area (Å²) < 4.78 is 1.90. The van der Waals surface area contributed by atoms with Gasteiger partial charge in [-0.2, -0.15) is 10.2 Å². The minimum absolute atomic E-state index is 0.0803. The van der Waals surface area contributed by atoms with E-state index in [0.29, 0.717) is 6.42 Å². The Bertz CT molecular complexity index is 1340. The average Bonchev–Trinajstić information content (AvgIpc) is 3.50. The van der Waals surface area contributed by atoms with Crippen molar-refractivity contribution >= 4 is 23.4 Å². The van der Waals surface area contributed by atoms with Gasteiger partial charge in [-0.05, 0) is 43.0 Å². The summed E-state index contributed by atoms with van der Waals surface area (Å²) in [7, 11) is 0. The van der Waals surface area contributed by atoms with Crippen LogP contribution in [0.15, 0.2) is 95.1 Å². The summed E-state index contributed by atoms with van der Waals surface area (Å²) in [6, 6.07) is 26.6. The average molecular weight is 467 g/mol. The van der Waals surface area contributed by atoms with E-state index in [1.807, 2.05) is 41.2 Å². The highest BCUT2D eigenvalue weighted by Crippen LogP contribution is 2.38. The molecule has 170 valence electrons. The van der Waals surface area contributed by atoms with Crippen molar-refractivity contribution in [2.24, 2.45) is 5.10 Å². The Labute approximate surface area is 204 Å². The summed E-state index contributed by atoms with van der Waals surface area (Å²) in [5, 5.41) is 11.3. The lowest BCUT2D eigenvalue weighted by Crippen LogP contribution is -2.24. The summed E-state index contributed by atoms with van der Waals surface area (Å²) in [5.41, 5.74) is 7.01. The molecule has 1 aliphatic rings. The van der Waals surface area contributed by atoms with Gasteiger partial charge in [0.15, 0.2) is 0 Å². The lowest BCUT2D eigenvalue weighted by atomic mass is 9.96.